The van der Waals surface area contributed by atoms with E-state index >= 15 is 0 Å². The Hall–Kier alpha value is -2.50. The maximum absolute atomic E-state index is 12.7. The maximum Gasteiger partial charge on any atom is 0.416 e. The molecule has 0 spiro atoms. The molecule has 0 heterocycles. The summed E-state index contributed by atoms with van der Waals surface area (Å²) in [5.41, 5.74) is 0.423. The molecule has 2 aromatic carbocycles. The standard InChI is InChI=1S/C19H20F3NO2/c1-3-13-8-10-16(11-9-13)25-17(4-2)18(24)23-15-7-5-6-14(12-15)19(20,21)22/h5-12,17H,3-4H2,1-2H3,(H,23,24)/t17-/m0/s1. The Kier molecular flexibility index (Phi) is 6.07. The SMILES string of the molecule is CCc1ccc(O[C@@H](CC)C(=O)Nc2cccc(C(F)(F)F)c2)cc1. The van der Waals surface area contributed by atoms with E-state index in [1.807, 2.05) is 19.1 Å². The van der Waals surface area contributed by atoms with Gasteiger partial charge in [-0.3, -0.25) is 4.79 Å². The third-order valence-electron chi connectivity index (χ3n) is 3.73. The summed E-state index contributed by atoms with van der Waals surface area (Å²) in [5.74, 6) is 0.0598. The minimum atomic E-state index is -4.46. The fourth-order valence-corrected chi connectivity index (χ4v) is 2.29. The minimum Gasteiger partial charge on any atom is -0.481 e. The molecular formula is C19H20F3NO2. The highest BCUT2D eigenvalue weighted by atomic mass is 19.4. The van der Waals surface area contributed by atoms with Crippen molar-refractivity contribution in [1.82, 2.24) is 0 Å². The van der Waals surface area contributed by atoms with E-state index in [9.17, 15) is 18.0 Å². The van der Waals surface area contributed by atoms with Gasteiger partial charge in [-0.2, -0.15) is 13.2 Å². The van der Waals surface area contributed by atoms with Crippen molar-refractivity contribution in [3.8, 4) is 5.75 Å². The first-order chi connectivity index (χ1) is 11.8. The summed E-state index contributed by atoms with van der Waals surface area (Å²) in [6.07, 6.45) is -3.96. The molecule has 0 saturated carbocycles. The number of hydrogen-bond donors (Lipinski definition) is 1. The molecule has 0 saturated heterocycles. The third kappa shape index (κ3) is 5.24. The Morgan fingerprint density at radius 3 is 2.36 bits per heavy atom. The van der Waals surface area contributed by atoms with Crippen molar-refractivity contribution in [2.24, 2.45) is 0 Å². The second-order valence-corrected chi connectivity index (χ2v) is 5.58. The zero-order chi connectivity index (χ0) is 18.4. The lowest BCUT2D eigenvalue weighted by molar-refractivity contribution is -0.137. The Balaban J connectivity index is 2.06. The fourth-order valence-electron chi connectivity index (χ4n) is 2.29. The van der Waals surface area contributed by atoms with Crippen LogP contribution in [0.2, 0.25) is 0 Å². The number of ether oxygens (including phenoxy) is 1. The van der Waals surface area contributed by atoms with Crippen LogP contribution >= 0.6 is 0 Å². The van der Waals surface area contributed by atoms with E-state index in [1.165, 1.54) is 12.1 Å². The molecular weight excluding hydrogens is 331 g/mol. The first kappa shape index (κ1) is 18.8. The summed E-state index contributed by atoms with van der Waals surface area (Å²) in [7, 11) is 0. The minimum absolute atomic E-state index is 0.0863. The van der Waals surface area contributed by atoms with Gasteiger partial charge in [-0.15, -0.1) is 0 Å². The normalized spacial score (nSPS) is 12.5. The third-order valence-corrected chi connectivity index (χ3v) is 3.73. The molecule has 6 heteroatoms. The summed E-state index contributed by atoms with van der Waals surface area (Å²) in [4.78, 5) is 12.3. The molecule has 0 aliphatic carbocycles. The topological polar surface area (TPSA) is 38.3 Å². The van der Waals surface area contributed by atoms with Crippen molar-refractivity contribution in [2.45, 2.75) is 39.0 Å². The van der Waals surface area contributed by atoms with Crippen LogP contribution in [0.1, 0.15) is 31.4 Å². The van der Waals surface area contributed by atoms with Gasteiger partial charge in [-0.1, -0.05) is 32.0 Å². The molecule has 0 fully saturated rings. The molecule has 134 valence electrons. The van der Waals surface area contributed by atoms with Crippen LogP contribution in [0.15, 0.2) is 48.5 Å². The molecule has 0 bridgehead atoms. The zero-order valence-corrected chi connectivity index (χ0v) is 14.1. The fraction of sp³-hybridized carbons (Fsp3) is 0.316. The number of hydrogen-bond acceptors (Lipinski definition) is 2. The lowest BCUT2D eigenvalue weighted by Crippen LogP contribution is -2.32. The number of nitrogens with one attached hydrogen (secondary N) is 1. The van der Waals surface area contributed by atoms with E-state index in [0.717, 1.165) is 24.1 Å². The summed E-state index contributed by atoms with van der Waals surface area (Å²) in [5, 5.41) is 2.48. The Morgan fingerprint density at radius 2 is 1.80 bits per heavy atom. The van der Waals surface area contributed by atoms with Gasteiger partial charge in [0, 0.05) is 5.69 Å². The Morgan fingerprint density at radius 1 is 1.12 bits per heavy atom. The van der Waals surface area contributed by atoms with Crippen molar-refractivity contribution in [2.75, 3.05) is 5.32 Å². The number of amides is 1. The molecule has 0 aliphatic heterocycles. The van der Waals surface area contributed by atoms with Crippen LogP contribution in [0.3, 0.4) is 0 Å². The van der Waals surface area contributed by atoms with Crippen molar-refractivity contribution in [3.05, 3.63) is 59.7 Å². The van der Waals surface area contributed by atoms with Crippen LogP contribution in [0.5, 0.6) is 5.75 Å². The predicted molar refractivity (Wildman–Crippen MR) is 90.6 cm³/mol. The van der Waals surface area contributed by atoms with Gasteiger partial charge >= 0.3 is 6.18 Å². The van der Waals surface area contributed by atoms with Crippen LogP contribution in [0.4, 0.5) is 18.9 Å². The summed E-state index contributed by atoms with van der Waals surface area (Å²) in [6.45, 7) is 3.81. The zero-order valence-electron chi connectivity index (χ0n) is 14.1. The van der Waals surface area contributed by atoms with Crippen LogP contribution in [0.25, 0.3) is 0 Å². The van der Waals surface area contributed by atoms with Gasteiger partial charge in [0.2, 0.25) is 0 Å². The number of halogens is 3. The van der Waals surface area contributed by atoms with Gasteiger partial charge in [-0.05, 0) is 48.7 Å². The molecule has 1 amide bonds. The van der Waals surface area contributed by atoms with E-state index in [-0.39, 0.29) is 5.69 Å². The summed E-state index contributed by atoms with van der Waals surface area (Å²) < 4.78 is 43.9. The van der Waals surface area contributed by atoms with E-state index in [1.54, 1.807) is 19.1 Å². The highest BCUT2D eigenvalue weighted by Crippen LogP contribution is 2.30. The number of benzene rings is 2. The van der Waals surface area contributed by atoms with Crippen LogP contribution < -0.4 is 10.1 Å². The van der Waals surface area contributed by atoms with E-state index in [2.05, 4.69) is 5.32 Å². The monoisotopic (exact) mass is 351 g/mol. The molecule has 1 N–H and O–H groups in total. The molecule has 0 unspecified atom stereocenters. The number of aryl methyl sites for hydroxylation is 1. The lowest BCUT2D eigenvalue weighted by Gasteiger charge is -2.18. The second-order valence-electron chi connectivity index (χ2n) is 5.58. The van der Waals surface area contributed by atoms with Crippen molar-refractivity contribution in [1.29, 1.82) is 0 Å². The average molecular weight is 351 g/mol. The highest BCUT2D eigenvalue weighted by molar-refractivity contribution is 5.94. The Labute approximate surface area is 144 Å². The van der Waals surface area contributed by atoms with Gasteiger partial charge < -0.3 is 10.1 Å². The predicted octanol–water partition coefficient (Wildman–Crippen LogP) is 5.06. The van der Waals surface area contributed by atoms with Crippen LogP contribution in [-0.2, 0) is 17.4 Å². The van der Waals surface area contributed by atoms with Crippen molar-refractivity contribution >= 4 is 11.6 Å². The van der Waals surface area contributed by atoms with Gasteiger partial charge in [0.05, 0.1) is 5.56 Å². The number of alkyl halides is 3. The number of carbonyl (C=O) groups excluding carboxylic acids is 1. The van der Waals surface area contributed by atoms with Crippen molar-refractivity contribution < 1.29 is 22.7 Å². The molecule has 25 heavy (non-hydrogen) atoms. The molecule has 0 radical (unpaired) electrons. The first-order valence-electron chi connectivity index (χ1n) is 8.07. The van der Waals surface area contributed by atoms with Gasteiger partial charge in [0.1, 0.15) is 5.75 Å². The van der Waals surface area contributed by atoms with Gasteiger partial charge in [-0.25, -0.2) is 0 Å². The van der Waals surface area contributed by atoms with E-state index in [4.69, 9.17) is 4.74 Å². The molecule has 2 rings (SSSR count). The number of anilines is 1. The lowest BCUT2D eigenvalue weighted by atomic mass is 10.1. The highest BCUT2D eigenvalue weighted by Gasteiger charge is 2.30. The first-order valence-corrected chi connectivity index (χ1v) is 8.07. The van der Waals surface area contributed by atoms with E-state index in [0.29, 0.717) is 12.2 Å². The molecule has 1 atom stereocenters. The average Bonchev–Trinajstić information content (AvgIpc) is 2.59. The number of rotatable bonds is 6. The Bertz CT molecular complexity index is 711. The second kappa shape index (κ2) is 8.05. The molecule has 0 aliphatic rings. The summed E-state index contributed by atoms with van der Waals surface area (Å²) >= 11 is 0. The smallest absolute Gasteiger partial charge is 0.416 e. The van der Waals surface area contributed by atoms with E-state index < -0.39 is 23.8 Å². The van der Waals surface area contributed by atoms with Crippen LogP contribution in [-0.4, -0.2) is 12.0 Å². The van der Waals surface area contributed by atoms with Gasteiger partial charge in [0.15, 0.2) is 6.10 Å². The quantitative estimate of drug-likeness (QED) is 0.790. The number of carbonyl (C=O) groups is 1. The maximum atomic E-state index is 12.7. The van der Waals surface area contributed by atoms with Gasteiger partial charge in [0.25, 0.3) is 5.91 Å². The van der Waals surface area contributed by atoms with Crippen molar-refractivity contribution in [3.63, 3.8) is 0 Å². The largest absolute Gasteiger partial charge is 0.481 e. The molecule has 0 aromatic heterocycles. The molecule has 2 aromatic rings. The molecule has 3 nitrogen and oxygen atoms in total. The summed E-state index contributed by atoms with van der Waals surface area (Å²) in [6, 6.07) is 11.9. The van der Waals surface area contributed by atoms with Crippen LogP contribution in [0, 0.1) is 0 Å².